The molecule has 0 saturated heterocycles. The molecule has 0 aliphatic heterocycles. The Morgan fingerprint density at radius 3 is 3.00 bits per heavy atom. The molecular formula is C14H22N2O2S. The van der Waals surface area contributed by atoms with Gasteiger partial charge in [-0.2, -0.15) is 0 Å². The van der Waals surface area contributed by atoms with Gasteiger partial charge in [0.05, 0.1) is 23.3 Å². The molecule has 19 heavy (non-hydrogen) atoms. The molecule has 0 aromatic carbocycles. The predicted octanol–water partition coefficient (Wildman–Crippen LogP) is 2.38. The number of anilines is 1. The highest BCUT2D eigenvalue weighted by Crippen LogP contribution is 2.37. The van der Waals surface area contributed by atoms with E-state index in [9.17, 15) is 5.11 Å². The van der Waals surface area contributed by atoms with Gasteiger partial charge < -0.3 is 14.7 Å². The van der Waals surface area contributed by atoms with E-state index in [1.165, 1.54) is 12.8 Å². The SMILES string of the molecule is CN(CCOCC1CC1)c1nc2c(s1)C(O)CCC2. The van der Waals surface area contributed by atoms with Crippen molar-refractivity contribution in [1.82, 2.24) is 4.98 Å². The lowest BCUT2D eigenvalue weighted by atomic mass is 10.0. The highest BCUT2D eigenvalue weighted by Gasteiger charge is 2.24. The number of nitrogens with zero attached hydrogens (tertiary/aromatic N) is 2. The van der Waals surface area contributed by atoms with Crippen molar-refractivity contribution < 1.29 is 9.84 Å². The van der Waals surface area contributed by atoms with Crippen LogP contribution in [0.2, 0.25) is 0 Å². The zero-order chi connectivity index (χ0) is 13.2. The first-order valence-electron chi connectivity index (χ1n) is 7.20. The van der Waals surface area contributed by atoms with Crippen LogP contribution >= 0.6 is 11.3 Å². The van der Waals surface area contributed by atoms with Gasteiger partial charge in [0.25, 0.3) is 0 Å². The summed E-state index contributed by atoms with van der Waals surface area (Å²) in [5.74, 6) is 0.827. The average molecular weight is 282 g/mol. The van der Waals surface area contributed by atoms with E-state index in [4.69, 9.17) is 4.74 Å². The summed E-state index contributed by atoms with van der Waals surface area (Å²) >= 11 is 1.64. The second-order valence-corrected chi connectivity index (χ2v) is 6.66. The third-order valence-corrected chi connectivity index (χ3v) is 5.17. The fourth-order valence-electron chi connectivity index (χ4n) is 2.38. The summed E-state index contributed by atoms with van der Waals surface area (Å²) in [7, 11) is 2.05. The van der Waals surface area contributed by atoms with E-state index in [0.29, 0.717) is 0 Å². The van der Waals surface area contributed by atoms with Crippen molar-refractivity contribution in [2.75, 3.05) is 31.7 Å². The minimum atomic E-state index is -0.297. The Morgan fingerprint density at radius 2 is 2.26 bits per heavy atom. The molecule has 1 aromatic heterocycles. The third kappa shape index (κ3) is 3.27. The Bertz CT molecular complexity index is 431. The molecule has 1 unspecified atom stereocenters. The summed E-state index contributed by atoms with van der Waals surface area (Å²) in [6.07, 6.45) is 5.32. The number of hydrogen-bond acceptors (Lipinski definition) is 5. The molecule has 0 amide bonds. The lowest BCUT2D eigenvalue weighted by molar-refractivity contribution is 0.131. The van der Waals surface area contributed by atoms with Crippen molar-refractivity contribution in [3.05, 3.63) is 10.6 Å². The van der Waals surface area contributed by atoms with E-state index in [1.54, 1.807) is 11.3 Å². The number of thiazole rings is 1. The maximum atomic E-state index is 9.97. The quantitative estimate of drug-likeness (QED) is 0.814. The van der Waals surface area contributed by atoms with Gasteiger partial charge in [-0.1, -0.05) is 11.3 Å². The Morgan fingerprint density at radius 1 is 1.42 bits per heavy atom. The van der Waals surface area contributed by atoms with Crippen molar-refractivity contribution in [1.29, 1.82) is 0 Å². The Labute approximate surface area is 118 Å². The molecule has 5 heteroatoms. The van der Waals surface area contributed by atoms with Crippen LogP contribution in [0.4, 0.5) is 5.13 Å². The molecule has 0 radical (unpaired) electrons. The van der Waals surface area contributed by atoms with Crippen LogP contribution in [-0.4, -0.2) is 36.9 Å². The van der Waals surface area contributed by atoms with Gasteiger partial charge in [-0.25, -0.2) is 4.98 Å². The number of ether oxygens (including phenoxy) is 1. The Hall–Kier alpha value is -0.650. The zero-order valence-electron chi connectivity index (χ0n) is 11.5. The maximum absolute atomic E-state index is 9.97. The van der Waals surface area contributed by atoms with Crippen molar-refractivity contribution in [3.63, 3.8) is 0 Å². The van der Waals surface area contributed by atoms with Crippen LogP contribution in [0.15, 0.2) is 0 Å². The number of aliphatic hydroxyl groups excluding tert-OH is 1. The first-order valence-corrected chi connectivity index (χ1v) is 8.02. The molecule has 2 aliphatic rings. The van der Waals surface area contributed by atoms with Gasteiger partial charge in [-0.15, -0.1) is 0 Å². The number of likely N-dealkylation sites (N-methyl/N-ethyl adjacent to an activating group) is 1. The van der Waals surface area contributed by atoms with E-state index >= 15 is 0 Å². The summed E-state index contributed by atoms with van der Waals surface area (Å²) in [6, 6.07) is 0. The van der Waals surface area contributed by atoms with Crippen molar-refractivity contribution in [2.24, 2.45) is 5.92 Å². The second kappa shape index (κ2) is 5.77. The van der Waals surface area contributed by atoms with Crippen molar-refractivity contribution in [3.8, 4) is 0 Å². The second-order valence-electron chi connectivity index (χ2n) is 5.66. The lowest BCUT2D eigenvalue weighted by Gasteiger charge is -2.15. The van der Waals surface area contributed by atoms with Gasteiger partial charge in [0, 0.05) is 20.2 Å². The number of aliphatic hydroxyl groups is 1. The number of aryl methyl sites for hydroxylation is 1. The number of hydrogen-bond donors (Lipinski definition) is 1. The number of fused-ring (bicyclic) bond motifs is 1. The first kappa shape index (κ1) is 13.3. The lowest BCUT2D eigenvalue weighted by Crippen LogP contribution is -2.22. The van der Waals surface area contributed by atoms with Crippen LogP contribution in [0.25, 0.3) is 0 Å². The Kier molecular flexibility index (Phi) is 4.05. The molecule has 1 heterocycles. The third-order valence-electron chi connectivity index (χ3n) is 3.86. The summed E-state index contributed by atoms with van der Waals surface area (Å²) in [6.45, 7) is 2.55. The highest BCUT2D eigenvalue weighted by molar-refractivity contribution is 7.15. The van der Waals surface area contributed by atoms with Gasteiger partial charge in [-0.05, 0) is 38.0 Å². The summed E-state index contributed by atoms with van der Waals surface area (Å²) in [5.41, 5.74) is 1.10. The van der Waals surface area contributed by atoms with Gasteiger partial charge in [0.1, 0.15) is 0 Å². The monoisotopic (exact) mass is 282 g/mol. The molecule has 1 fully saturated rings. The average Bonchev–Trinajstić information content (AvgIpc) is 3.11. The smallest absolute Gasteiger partial charge is 0.185 e. The molecule has 1 aromatic rings. The Balaban J connectivity index is 1.52. The molecule has 3 rings (SSSR count). The van der Waals surface area contributed by atoms with Crippen LogP contribution in [0.3, 0.4) is 0 Å². The predicted molar refractivity (Wildman–Crippen MR) is 76.8 cm³/mol. The molecule has 1 N–H and O–H groups in total. The van der Waals surface area contributed by atoms with E-state index in [-0.39, 0.29) is 6.10 Å². The molecular weight excluding hydrogens is 260 g/mol. The van der Waals surface area contributed by atoms with Gasteiger partial charge in [0.15, 0.2) is 5.13 Å². The van der Waals surface area contributed by atoms with E-state index < -0.39 is 0 Å². The fraction of sp³-hybridized carbons (Fsp3) is 0.786. The van der Waals surface area contributed by atoms with Crippen molar-refractivity contribution >= 4 is 16.5 Å². The minimum absolute atomic E-state index is 0.297. The van der Waals surface area contributed by atoms with Gasteiger partial charge in [0.2, 0.25) is 0 Å². The van der Waals surface area contributed by atoms with Crippen LogP contribution in [0.1, 0.15) is 42.4 Å². The van der Waals surface area contributed by atoms with E-state index in [2.05, 4.69) is 16.9 Å². The summed E-state index contributed by atoms with van der Waals surface area (Å²) < 4.78 is 5.66. The highest BCUT2D eigenvalue weighted by atomic mass is 32.1. The molecule has 1 atom stereocenters. The summed E-state index contributed by atoms with van der Waals surface area (Å²) in [4.78, 5) is 7.87. The molecule has 1 saturated carbocycles. The van der Waals surface area contributed by atoms with Crippen LogP contribution in [-0.2, 0) is 11.2 Å². The molecule has 0 spiro atoms. The standard InChI is InChI=1S/C14H22N2O2S/c1-16(7-8-18-9-10-5-6-10)14-15-11-3-2-4-12(17)13(11)19-14/h10,12,17H,2-9H2,1H3. The van der Waals surface area contributed by atoms with Crippen LogP contribution in [0, 0.1) is 5.92 Å². The normalized spacial score (nSPS) is 22.3. The van der Waals surface area contributed by atoms with Crippen molar-refractivity contribution in [2.45, 2.75) is 38.2 Å². The van der Waals surface area contributed by atoms with Crippen LogP contribution < -0.4 is 4.90 Å². The first-order chi connectivity index (χ1) is 9.24. The number of aromatic nitrogens is 1. The fourth-order valence-corrected chi connectivity index (χ4v) is 3.50. The zero-order valence-corrected chi connectivity index (χ0v) is 12.3. The van der Waals surface area contributed by atoms with Crippen LogP contribution in [0.5, 0.6) is 0 Å². The van der Waals surface area contributed by atoms with Gasteiger partial charge in [-0.3, -0.25) is 0 Å². The molecule has 0 bridgehead atoms. The van der Waals surface area contributed by atoms with Gasteiger partial charge >= 0.3 is 0 Å². The van der Waals surface area contributed by atoms with E-state index in [0.717, 1.165) is 60.6 Å². The summed E-state index contributed by atoms with van der Waals surface area (Å²) in [5, 5.41) is 11.0. The maximum Gasteiger partial charge on any atom is 0.185 e. The molecule has 106 valence electrons. The number of rotatable bonds is 6. The van der Waals surface area contributed by atoms with E-state index in [1.807, 2.05) is 0 Å². The topological polar surface area (TPSA) is 45.6 Å². The minimum Gasteiger partial charge on any atom is -0.388 e. The molecule has 4 nitrogen and oxygen atoms in total. The molecule has 2 aliphatic carbocycles. The largest absolute Gasteiger partial charge is 0.388 e.